The summed E-state index contributed by atoms with van der Waals surface area (Å²) in [6.07, 6.45) is 5.03. The van der Waals surface area contributed by atoms with Crippen molar-refractivity contribution in [1.82, 2.24) is 9.38 Å². The number of imidazole rings is 1. The predicted octanol–water partition coefficient (Wildman–Crippen LogP) is 1.89. The fraction of sp³-hybridized carbons (Fsp3) is 0.0417. The molecule has 2 aromatic heterocycles. The highest BCUT2D eigenvalue weighted by Crippen LogP contribution is 2.57. The van der Waals surface area contributed by atoms with E-state index in [2.05, 4.69) is 107 Å². The molecule has 29 heavy (non-hydrogen) atoms. The Kier molecular flexibility index (Phi) is 5.82. The van der Waals surface area contributed by atoms with Gasteiger partial charge in [0.15, 0.2) is 5.82 Å². The first kappa shape index (κ1) is 19.8. The highest BCUT2D eigenvalue weighted by molar-refractivity contribution is 7.95. The Morgan fingerprint density at radius 2 is 1.21 bits per heavy atom. The van der Waals surface area contributed by atoms with Gasteiger partial charge in [-0.3, -0.25) is 4.40 Å². The molecule has 0 radical (unpaired) electrons. The first-order valence-corrected chi connectivity index (χ1v) is 12.2. The van der Waals surface area contributed by atoms with Gasteiger partial charge in [0.25, 0.3) is 0 Å². The van der Waals surface area contributed by atoms with E-state index in [0.29, 0.717) is 0 Å². The Balaban J connectivity index is 0.00000205. The minimum Gasteiger partial charge on any atom is -1.00 e. The molecule has 0 fully saturated rings. The van der Waals surface area contributed by atoms with Gasteiger partial charge in [-0.05, 0) is 36.4 Å². The van der Waals surface area contributed by atoms with Gasteiger partial charge in [-0.15, -0.1) is 11.3 Å². The van der Waals surface area contributed by atoms with Crippen molar-refractivity contribution in [3.8, 4) is 0 Å². The van der Waals surface area contributed by atoms with Gasteiger partial charge in [-0.1, -0.05) is 54.6 Å². The molecule has 0 amide bonds. The van der Waals surface area contributed by atoms with Crippen LogP contribution in [-0.4, -0.2) is 9.38 Å². The maximum Gasteiger partial charge on any atom is 0.152 e. The number of rotatable bonds is 5. The largest absolute Gasteiger partial charge is 1.00 e. The van der Waals surface area contributed by atoms with Gasteiger partial charge >= 0.3 is 0 Å². The quantitative estimate of drug-likeness (QED) is 0.386. The van der Waals surface area contributed by atoms with Crippen molar-refractivity contribution < 1.29 is 12.4 Å². The van der Waals surface area contributed by atoms with Crippen LogP contribution in [0.15, 0.2) is 109 Å². The summed E-state index contributed by atoms with van der Waals surface area (Å²) < 4.78 is 2.24. The van der Waals surface area contributed by atoms with E-state index in [4.69, 9.17) is 4.98 Å². The van der Waals surface area contributed by atoms with Crippen molar-refractivity contribution in [2.75, 3.05) is 0 Å². The molecule has 5 heteroatoms. The summed E-state index contributed by atoms with van der Waals surface area (Å²) in [5, 5.41) is 6.30. The first-order chi connectivity index (χ1) is 13.9. The second kappa shape index (κ2) is 8.51. The molecule has 0 unspecified atom stereocenters. The molecule has 2 nitrogen and oxygen atoms in total. The Bertz CT molecular complexity index is 1090. The molecule has 5 rings (SSSR count). The molecular weight excluding hydrogens is 415 g/mol. The zero-order valence-corrected chi connectivity index (χ0v) is 18.2. The van der Waals surface area contributed by atoms with Crippen molar-refractivity contribution >= 4 is 39.3 Å². The lowest BCUT2D eigenvalue weighted by atomic mass is 10.4. The lowest BCUT2D eigenvalue weighted by Gasteiger charge is -2.27. The Morgan fingerprint density at radius 1 is 0.724 bits per heavy atom. The molecule has 0 aliphatic heterocycles. The molecule has 144 valence electrons. The van der Waals surface area contributed by atoms with E-state index in [1.54, 1.807) is 11.3 Å². The van der Waals surface area contributed by atoms with Crippen LogP contribution in [0.3, 0.4) is 0 Å². The van der Waals surface area contributed by atoms with E-state index in [1.165, 1.54) is 20.7 Å². The number of thiazole rings is 1. The maximum absolute atomic E-state index is 4.82. The Labute approximate surface area is 181 Å². The fourth-order valence-corrected chi connectivity index (χ4v) is 8.75. The van der Waals surface area contributed by atoms with E-state index in [1.807, 2.05) is 6.20 Å². The van der Waals surface area contributed by atoms with E-state index < -0.39 is 7.26 Å². The molecular formula is C24H20ClN2PS. The zero-order chi connectivity index (χ0) is 18.8. The Hall–Kier alpha value is -2.45. The molecule has 0 spiro atoms. The molecule has 2 heterocycles. The van der Waals surface area contributed by atoms with Gasteiger partial charge in [-0.2, -0.15) is 0 Å². The number of hydrogen-bond acceptors (Lipinski definition) is 2. The summed E-state index contributed by atoms with van der Waals surface area (Å²) in [6.45, 7) is 0. The molecule has 0 atom stereocenters. The number of aromatic nitrogens is 2. The molecule has 3 aromatic carbocycles. The maximum atomic E-state index is 4.82. The van der Waals surface area contributed by atoms with E-state index in [-0.39, 0.29) is 12.4 Å². The second-order valence-electron chi connectivity index (χ2n) is 6.76. The van der Waals surface area contributed by atoms with Crippen LogP contribution in [0.4, 0.5) is 0 Å². The lowest BCUT2D eigenvalue weighted by Crippen LogP contribution is -3.00. The second-order valence-corrected chi connectivity index (χ2v) is 11.2. The molecule has 0 saturated heterocycles. The van der Waals surface area contributed by atoms with E-state index >= 15 is 0 Å². The van der Waals surface area contributed by atoms with E-state index in [9.17, 15) is 0 Å². The normalized spacial score (nSPS) is 11.3. The number of hydrogen-bond donors (Lipinski definition) is 0. The molecule has 0 saturated carbocycles. The summed E-state index contributed by atoms with van der Waals surface area (Å²) in [4.78, 5) is 6.01. The third-order valence-corrected chi connectivity index (χ3v) is 10.3. The molecule has 0 bridgehead atoms. The van der Waals surface area contributed by atoms with Crippen LogP contribution in [0.25, 0.3) is 4.83 Å². The summed E-state index contributed by atoms with van der Waals surface area (Å²) in [6, 6.07) is 32.9. The van der Waals surface area contributed by atoms with Crippen LogP contribution < -0.4 is 28.3 Å². The van der Waals surface area contributed by atoms with Crippen LogP contribution >= 0.6 is 18.6 Å². The zero-order valence-electron chi connectivity index (χ0n) is 15.7. The third kappa shape index (κ3) is 3.51. The van der Waals surface area contributed by atoms with Gasteiger partial charge < -0.3 is 12.4 Å². The summed E-state index contributed by atoms with van der Waals surface area (Å²) in [5.41, 5.74) is 0. The van der Waals surface area contributed by atoms with Crippen LogP contribution in [0.5, 0.6) is 0 Å². The van der Waals surface area contributed by atoms with Crippen LogP contribution in [0, 0.1) is 0 Å². The molecule has 0 aliphatic rings. The van der Waals surface area contributed by atoms with Crippen LogP contribution in [0.2, 0.25) is 0 Å². The van der Waals surface area contributed by atoms with Gasteiger partial charge in [0.1, 0.15) is 34.2 Å². The van der Waals surface area contributed by atoms with Crippen LogP contribution in [0.1, 0.15) is 5.82 Å². The number of halogens is 1. The minimum absolute atomic E-state index is 0. The summed E-state index contributed by atoms with van der Waals surface area (Å²) in [7, 11) is -1.90. The molecule has 5 aromatic rings. The van der Waals surface area contributed by atoms with Crippen molar-refractivity contribution in [2.24, 2.45) is 0 Å². The average molecular weight is 435 g/mol. The number of fused-ring (bicyclic) bond motifs is 1. The average Bonchev–Trinajstić information content (AvgIpc) is 3.39. The standard InChI is InChI=1S/C24H20N2PS.ClH/c1-4-10-20(11-5-1)27(21-12-6-2-7-13-21,22-14-8-3-9-15-22)19-23-25-18-24-26(23)16-17-28-24;/h1-18H,19H2;1H/q+1;/p-1. The Morgan fingerprint density at radius 3 is 1.69 bits per heavy atom. The van der Waals surface area contributed by atoms with Crippen molar-refractivity contribution in [3.05, 3.63) is 115 Å². The minimum atomic E-state index is -1.90. The highest BCUT2D eigenvalue weighted by Gasteiger charge is 2.46. The summed E-state index contributed by atoms with van der Waals surface area (Å²) >= 11 is 1.73. The summed E-state index contributed by atoms with van der Waals surface area (Å²) in [5.74, 6) is 1.13. The monoisotopic (exact) mass is 434 g/mol. The van der Waals surface area contributed by atoms with Crippen LogP contribution in [-0.2, 0) is 6.16 Å². The number of benzene rings is 3. The smallest absolute Gasteiger partial charge is 0.152 e. The van der Waals surface area contributed by atoms with E-state index in [0.717, 1.165) is 12.0 Å². The number of nitrogens with zero attached hydrogens (tertiary/aromatic N) is 2. The van der Waals surface area contributed by atoms with Gasteiger partial charge in [0, 0.05) is 11.6 Å². The fourth-order valence-electron chi connectivity index (χ4n) is 3.89. The molecule has 0 N–H and O–H groups in total. The SMILES string of the molecule is [Cl-].c1ccc([P+](Cc2ncc3sccn23)(c2ccccc2)c2ccccc2)cc1. The van der Waals surface area contributed by atoms with Crippen molar-refractivity contribution in [3.63, 3.8) is 0 Å². The third-order valence-electron chi connectivity index (χ3n) is 5.21. The predicted molar refractivity (Wildman–Crippen MR) is 122 cm³/mol. The topological polar surface area (TPSA) is 17.3 Å². The molecule has 0 aliphatic carbocycles. The van der Waals surface area contributed by atoms with Gasteiger partial charge in [0.2, 0.25) is 0 Å². The van der Waals surface area contributed by atoms with Crippen molar-refractivity contribution in [1.29, 1.82) is 0 Å². The first-order valence-electron chi connectivity index (χ1n) is 9.32. The van der Waals surface area contributed by atoms with Gasteiger partial charge in [-0.25, -0.2) is 4.98 Å². The van der Waals surface area contributed by atoms with Gasteiger partial charge in [0.05, 0.1) is 6.20 Å². The lowest BCUT2D eigenvalue weighted by molar-refractivity contribution is -0.00000545. The highest BCUT2D eigenvalue weighted by atomic mass is 35.5. The van der Waals surface area contributed by atoms with Crippen molar-refractivity contribution in [2.45, 2.75) is 6.16 Å².